The fourth-order valence-electron chi connectivity index (χ4n) is 2.68. The molecule has 1 aromatic rings. The van der Waals surface area contributed by atoms with Crippen molar-refractivity contribution in [3.8, 4) is 11.5 Å². The van der Waals surface area contributed by atoms with E-state index in [1.54, 1.807) is 7.11 Å². The van der Waals surface area contributed by atoms with Gasteiger partial charge in [0.05, 0.1) is 13.7 Å². The molecule has 0 amide bonds. The molecule has 0 aliphatic carbocycles. The highest BCUT2D eigenvalue weighted by atomic mass is 16.5. The second-order valence-electron chi connectivity index (χ2n) is 5.16. The summed E-state index contributed by atoms with van der Waals surface area (Å²) in [5.41, 5.74) is 7.50. The Morgan fingerprint density at radius 2 is 2.16 bits per heavy atom. The van der Waals surface area contributed by atoms with Crippen molar-refractivity contribution in [1.29, 1.82) is 0 Å². The number of nitrogens with two attached hydrogens (primary N) is 1. The maximum atomic E-state index is 6.26. The Labute approximate surface area is 115 Å². The smallest absolute Gasteiger partial charge is 0.161 e. The minimum absolute atomic E-state index is 0.221. The number of likely N-dealkylation sites (tertiary alicyclic amines) is 1. The second-order valence-corrected chi connectivity index (χ2v) is 5.16. The third kappa shape index (κ3) is 3.19. The number of rotatable bonds is 4. The number of methoxy groups -OCH3 is 1. The lowest BCUT2D eigenvalue weighted by Crippen LogP contribution is -2.43. The highest BCUT2D eigenvalue weighted by Crippen LogP contribution is 2.33. The van der Waals surface area contributed by atoms with Crippen LogP contribution in [-0.4, -0.2) is 44.8 Å². The SMILES string of the molecule is CCOc1ccc([C@H]2CN(C)CC[C@H]2N)cc1OC. The molecular weight excluding hydrogens is 240 g/mol. The Hall–Kier alpha value is -1.26. The average Bonchev–Trinajstić information content (AvgIpc) is 2.42. The summed E-state index contributed by atoms with van der Waals surface area (Å²) in [6.45, 7) is 4.69. The summed E-state index contributed by atoms with van der Waals surface area (Å²) >= 11 is 0. The molecule has 1 aliphatic heterocycles. The van der Waals surface area contributed by atoms with Gasteiger partial charge in [-0.05, 0) is 44.6 Å². The molecule has 0 radical (unpaired) electrons. The van der Waals surface area contributed by atoms with E-state index in [0.29, 0.717) is 12.5 Å². The molecule has 2 N–H and O–H groups in total. The van der Waals surface area contributed by atoms with E-state index in [0.717, 1.165) is 31.0 Å². The van der Waals surface area contributed by atoms with Gasteiger partial charge >= 0.3 is 0 Å². The zero-order chi connectivity index (χ0) is 13.8. The molecule has 1 aliphatic rings. The number of hydrogen-bond donors (Lipinski definition) is 1. The van der Waals surface area contributed by atoms with Gasteiger partial charge in [-0.1, -0.05) is 6.07 Å². The van der Waals surface area contributed by atoms with Crippen molar-refractivity contribution in [1.82, 2.24) is 4.90 Å². The normalized spacial score (nSPS) is 24.2. The van der Waals surface area contributed by atoms with Crippen molar-refractivity contribution in [2.75, 3.05) is 33.9 Å². The number of piperidine rings is 1. The molecule has 1 aromatic carbocycles. The van der Waals surface area contributed by atoms with Crippen LogP contribution in [0.1, 0.15) is 24.8 Å². The zero-order valence-electron chi connectivity index (χ0n) is 12.1. The highest BCUT2D eigenvalue weighted by Gasteiger charge is 2.26. The lowest BCUT2D eigenvalue weighted by atomic mass is 9.86. The minimum atomic E-state index is 0.221. The molecule has 2 atom stereocenters. The van der Waals surface area contributed by atoms with E-state index in [1.165, 1.54) is 5.56 Å². The molecule has 0 aromatic heterocycles. The zero-order valence-corrected chi connectivity index (χ0v) is 12.1. The first kappa shape index (κ1) is 14.2. The van der Waals surface area contributed by atoms with Gasteiger partial charge in [-0.25, -0.2) is 0 Å². The molecule has 1 saturated heterocycles. The minimum Gasteiger partial charge on any atom is -0.493 e. The molecule has 1 fully saturated rings. The van der Waals surface area contributed by atoms with Crippen molar-refractivity contribution in [2.24, 2.45) is 5.73 Å². The third-order valence-corrected chi connectivity index (χ3v) is 3.79. The van der Waals surface area contributed by atoms with Crippen LogP contribution < -0.4 is 15.2 Å². The first-order valence-electron chi connectivity index (χ1n) is 6.90. The predicted molar refractivity (Wildman–Crippen MR) is 77.0 cm³/mol. The van der Waals surface area contributed by atoms with Crippen LogP contribution in [0.4, 0.5) is 0 Å². The lowest BCUT2D eigenvalue weighted by molar-refractivity contribution is 0.227. The maximum Gasteiger partial charge on any atom is 0.161 e. The molecule has 0 spiro atoms. The molecule has 0 bridgehead atoms. The number of benzene rings is 1. The largest absolute Gasteiger partial charge is 0.493 e. The fourth-order valence-corrected chi connectivity index (χ4v) is 2.68. The second kappa shape index (κ2) is 6.26. The van der Waals surface area contributed by atoms with Crippen LogP contribution in [0.3, 0.4) is 0 Å². The Morgan fingerprint density at radius 3 is 2.84 bits per heavy atom. The highest BCUT2D eigenvalue weighted by molar-refractivity contribution is 5.44. The Balaban J connectivity index is 2.24. The molecule has 0 saturated carbocycles. The summed E-state index contributed by atoms with van der Waals surface area (Å²) in [6.07, 6.45) is 1.04. The van der Waals surface area contributed by atoms with Crippen LogP contribution in [0, 0.1) is 0 Å². The number of likely N-dealkylation sites (N-methyl/N-ethyl adjacent to an activating group) is 1. The summed E-state index contributed by atoms with van der Waals surface area (Å²) in [7, 11) is 3.82. The van der Waals surface area contributed by atoms with Crippen LogP contribution in [0.15, 0.2) is 18.2 Å². The molecular formula is C15H24N2O2. The van der Waals surface area contributed by atoms with E-state index in [-0.39, 0.29) is 6.04 Å². The third-order valence-electron chi connectivity index (χ3n) is 3.79. The summed E-state index contributed by atoms with van der Waals surface area (Å²) < 4.78 is 11.0. The average molecular weight is 264 g/mol. The van der Waals surface area contributed by atoms with Crippen molar-refractivity contribution in [3.05, 3.63) is 23.8 Å². The number of hydrogen-bond acceptors (Lipinski definition) is 4. The Morgan fingerprint density at radius 1 is 1.37 bits per heavy atom. The molecule has 2 rings (SSSR count). The van der Waals surface area contributed by atoms with Crippen molar-refractivity contribution >= 4 is 0 Å². The number of ether oxygens (including phenoxy) is 2. The number of nitrogens with zero attached hydrogens (tertiary/aromatic N) is 1. The Bertz CT molecular complexity index is 423. The van der Waals surface area contributed by atoms with E-state index >= 15 is 0 Å². The van der Waals surface area contributed by atoms with Crippen LogP contribution in [0.2, 0.25) is 0 Å². The summed E-state index contributed by atoms with van der Waals surface area (Å²) in [4.78, 5) is 2.33. The van der Waals surface area contributed by atoms with E-state index in [4.69, 9.17) is 15.2 Å². The standard InChI is InChI=1S/C15H24N2O2/c1-4-19-14-6-5-11(9-15(14)18-3)12-10-17(2)8-7-13(12)16/h5-6,9,12-13H,4,7-8,10,16H2,1-3H3/t12-,13-/m1/s1. The monoisotopic (exact) mass is 264 g/mol. The molecule has 4 nitrogen and oxygen atoms in total. The Kier molecular flexibility index (Phi) is 4.66. The van der Waals surface area contributed by atoms with Crippen molar-refractivity contribution in [3.63, 3.8) is 0 Å². The molecule has 4 heteroatoms. The van der Waals surface area contributed by atoms with Crippen LogP contribution in [-0.2, 0) is 0 Å². The molecule has 0 unspecified atom stereocenters. The van der Waals surface area contributed by atoms with Gasteiger partial charge in [-0.3, -0.25) is 0 Å². The van der Waals surface area contributed by atoms with E-state index in [9.17, 15) is 0 Å². The predicted octanol–water partition coefficient (Wildman–Crippen LogP) is 1.84. The van der Waals surface area contributed by atoms with Gasteiger partial charge in [-0.15, -0.1) is 0 Å². The fraction of sp³-hybridized carbons (Fsp3) is 0.600. The van der Waals surface area contributed by atoms with E-state index in [1.807, 2.05) is 13.0 Å². The first-order valence-corrected chi connectivity index (χ1v) is 6.90. The lowest BCUT2D eigenvalue weighted by Gasteiger charge is -2.35. The van der Waals surface area contributed by atoms with Crippen molar-refractivity contribution < 1.29 is 9.47 Å². The van der Waals surface area contributed by atoms with Gasteiger partial charge < -0.3 is 20.1 Å². The van der Waals surface area contributed by atoms with Crippen LogP contribution in [0.25, 0.3) is 0 Å². The van der Waals surface area contributed by atoms with Gasteiger partial charge in [0.25, 0.3) is 0 Å². The summed E-state index contributed by atoms with van der Waals surface area (Å²) in [6, 6.07) is 6.38. The summed E-state index contributed by atoms with van der Waals surface area (Å²) in [5, 5.41) is 0. The van der Waals surface area contributed by atoms with Crippen molar-refractivity contribution in [2.45, 2.75) is 25.3 Å². The first-order chi connectivity index (χ1) is 9.15. The van der Waals surface area contributed by atoms with Gasteiger partial charge in [-0.2, -0.15) is 0 Å². The van der Waals surface area contributed by atoms with Gasteiger partial charge in [0, 0.05) is 18.5 Å². The van der Waals surface area contributed by atoms with Gasteiger partial charge in [0.2, 0.25) is 0 Å². The summed E-state index contributed by atoms with van der Waals surface area (Å²) in [5.74, 6) is 1.95. The van der Waals surface area contributed by atoms with Crippen LogP contribution in [0.5, 0.6) is 11.5 Å². The molecule has 19 heavy (non-hydrogen) atoms. The van der Waals surface area contributed by atoms with E-state index in [2.05, 4.69) is 24.1 Å². The topological polar surface area (TPSA) is 47.7 Å². The van der Waals surface area contributed by atoms with Crippen LogP contribution >= 0.6 is 0 Å². The quantitative estimate of drug-likeness (QED) is 0.901. The maximum absolute atomic E-state index is 6.26. The molecule has 1 heterocycles. The van der Waals surface area contributed by atoms with Gasteiger partial charge in [0.15, 0.2) is 11.5 Å². The molecule has 106 valence electrons. The van der Waals surface area contributed by atoms with E-state index < -0.39 is 0 Å². The van der Waals surface area contributed by atoms with Gasteiger partial charge in [0.1, 0.15) is 0 Å².